The number of hydrogen-bond acceptors (Lipinski definition) is 7. The first-order valence-electron chi connectivity index (χ1n) is 4.47. The fourth-order valence-corrected chi connectivity index (χ4v) is 1.70. The summed E-state index contributed by atoms with van der Waals surface area (Å²) in [6, 6.07) is 0. The summed E-state index contributed by atoms with van der Waals surface area (Å²) in [5.41, 5.74) is 0. The van der Waals surface area contributed by atoms with Gasteiger partial charge in [0.05, 0.1) is 12.7 Å². The van der Waals surface area contributed by atoms with Gasteiger partial charge in [-0.2, -0.15) is 0 Å². The van der Waals surface area contributed by atoms with Gasteiger partial charge in [-0.05, 0) is 6.92 Å². The molecule has 0 aromatic heterocycles. The van der Waals surface area contributed by atoms with Crippen molar-refractivity contribution in [1.29, 1.82) is 0 Å². The highest BCUT2D eigenvalue weighted by molar-refractivity contribution is 7.49. The molecule has 8 heteroatoms. The normalized spacial score (nSPS) is 12.4. The molecule has 0 aliphatic rings. The molecule has 0 rings (SSSR count). The van der Waals surface area contributed by atoms with Gasteiger partial charge in [0.15, 0.2) is 0 Å². The molecule has 96 valence electrons. The molecular weight excluding hydrogens is 251 g/mol. The predicted octanol–water partition coefficient (Wildman–Crippen LogP) is 0.950. The maximum Gasteiger partial charge on any atom is 0.592 e. The zero-order valence-corrected chi connectivity index (χ0v) is 10.1. The fourth-order valence-electron chi connectivity index (χ4n) is 0.565. The second-order valence-electron chi connectivity index (χ2n) is 2.82. The van der Waals surface area contributed by atoms with Crippen molar-refractivity contribution in [1.82, 2.24) is 0 Å². The van der Waals surface area contributed by atoms with Gasteiger partial charge >= 0.3 is 19.8 Å². The Labute approximate surface area is 98.3 Å². The summed E-state index contributed by atoms with van der Waals surface area (Å²) < 4.78 is 24.9. The molecule has 0 fully saturated rings. The highest BCUT2D eigenvalue weighted by Gasteiger charge is 2.34. The molecule has 0 aromatic carbocycles. The van der Waals surface area contributed by atoms with Crippen LogP contribution < -0.4 is 0 Å². The molecular formula is C9H13O7P. The van der Waals surface area contributed by atoms with Gasteiger partial charge in [-0.15, -0.1) is 0 Å². The van der Waals surface area contributed by atoms with Gasteiger partial charge in [0.25, 0.3) is 0 Å². The molecule has 0 radical (unpaired) electrons. The Morgan fingerprint density at radius 3 is 2.00 bits per heavy atom. The quantitative estimate of drug-likeness (QED) is 0.539. The molecule has 0 aliphatic carbocycles. The number of rotatable bonds is 7. The van der Waals surface area contributed by atoms with E-state index in [2.05, 4.69) is 26.7 Å². The van der Waals surface area contributed by atoms with Crippen molar-refractivity contribution in [3.8, 4) is 0 Å². The molecule has 0 heterocycles. The number of aliphatic hydroxyl groups is 1. The molecule has 0 saturated heterocycles. The Morgan fingerprint density at radius 1 is 1.29 bits per heavy atom. The van der Waals surface area contributed by atoms with E-state index in [0.29, 0.717) is 0 Å². The Kier molecular flexibility index (Phi) is 6.42. The summed E-state index contributed by atoms with van der Waals surface area (Å²) in [6.07, 6.45) is 0.466. The van der Waals surface area contributed by atoms with Crippen LogP contribution in [0.15, 0.2) is 25.3 Å². The lowest BCUT2D eigenvalue weighted by molar-refractivity contribution is -0.135. The Hall–Kier alpha value is -1.43. The summed E-state index contributed by atoms with van der Waals surface area (Å²) in [5.74, 6) is -2.17. The first-order chi connectivity index (χ1) is 7.83. The molecule has 1 unspecified atom stereocenters. The van der Waals surface area contributed by atoms with Crippen molar-refractivity contribution in [2.75, 3.05) is 6.61 Å². The molecule has 17 heavy (non-hydrogen) atoms. The molecule has 0 saturated carbocycles. The molecule has 0 aromatic rings. The van der Waals surface area contributed by atoms with Gasteiger partial charge in [-0.3, -0.25) is 4.52 Å². The lowest BCUT2D eigenvalue weighted by Gasteiger charge is -2.16. The summed E-state index contributed by atoms with van der Waals surface area (Å²) in [7, 11) is -4.42. The minimum atomic E-state index is -4.42. The average Bonchev–Trinajstić information content (AvgIpc) is 2.26. The Bertz CT molecular complexity index is 334. The third-order valence-corrected chi connectivity index (χ3v) is 2.48. The Balaban J connectivity index is 4.73. The van der Waals surface area contributed by atoms with E-state index in [1.807, 2.05) is 0 Å². The van der Waals surface area contributed by atoms with E-state index < -0.39 is 32.5 Å². The topological polar surface area (TPSA) is 99.1 Å². The third-order valence-electron chi connectivity index (χ3n) is 1.21. The van der Waals surface area contributed by atoms with Gasteiger partial charge < -0.3 is 14.2 Å². The van der Waals surface area contributed by atoms with Crippen LogP contribution in [-0.2, 0) is 27.7 Å². The zero-order valence-electron chi connectivity index (χ0n) is 9.20. The second kappa shape index (κ2) is 7.01. The van der Waals surface area contributed by atoms with Crippen LogP contribution in [0.1, 0.15) is 6.92 Å². The van der Waals surface area contributed by atoms with Crippen LogP contribution in [0.25, 0.3) is 0 Å². The summed E-state index contributed by atoms with van der Waals surface area (Å²) in [6.45, 7) is 7.06. The van der Waals surface area contributed by atoms with Gasteiger partial charge in [-0.1, -0.05) is 13.2 Å². The number of phosphoric ester groups is 1. The van der Waals surface area contributed by atoms with Crippen LogP contribution in [-0.4, -0.2) is 29.8 Å². The Morgan fingerprint density at radius 2 is 1.71 bits per heavy atom. The molecule has 0 spiro atoms. The van der Waals surface area contributed by atoms with Crippen LogP contribution >= 0.6 is 7.82 Å². The van der Waals surface area contributed by atoms with Crippen molar-refractivity contribution in [2.45, 2.75) is 13.0 Å². The van der Waals surface area contributed by atoms with Gasteiger partial charge in [-0.25, -0.2) is 14.2 Å². The minimum absolute atomic E-state index is 0.438. The van der Waals surface area contributed by atoms with E-state index in [9.17, 15) is 14.2 Å². The van der Waals surface area contributed by atoms with E-state index >= 15 is 0 Å². The van der Waals surface area contributed by atoms with E-state index in [-0.39, 0.29) is 0 Å². The van der Waals surface area contributed by atoms with E-state index in [1.54, 1.807) is 0 Å². The van der Waals surface area contributed by atoms with Crippen LogP contribution in [0.3, 0.4) is 0 Å². The number of carbonyl (C=O) groups excluding carboxylic acids is 2. The lowest BCUT2D eigenvalue weighted by Crippen LogP contribution is -2.14. The van der Waals surface area contributed by atoms with E-state index in [0.717, 1.165) is 12.2 Å². The van der Waals surface area contributed by atoms with Crippen molar-refractivity contribution in [3.05, 3.63) is 25.3 Å². The average molecular weight is 264 g/mol. The van der Waals surface area contributed by atoms with Crippen LogP contribution in [0.5, 0.6) is 0 Å². The summed E-state index contributed by atoms with van der Waals surface area (Å²) in [5, 5.41) is 8.93. The number of hydrogen-bond donors (Lipinski definition) is 1. The maximum atomic E-state index is 11.7. The van der Waals surface area contributed by atoms with Crippen LogP contribution in [0.4, 0.5) is 0 Å². The fraction of sp³-hybridized carbons (Fsp3) is 0.333. The van der Waals surface area contributed by atoms with Crippen molar-refractivity contribution in [3.63, 3.8) is 0 Å². The number of carbonyl (C=O) groups is 2. The standard InChI is InChI=1S/C9H13O7P/c1-4-8(11)15-17(13,14-6-7(3)10)16-9(12)5-2/h4-5,7,10H,1-2,6H2,3H3. The van der Waals surface area contributed by atoms with Crippen LogP contribution in [0, 0.1) is 0 Å². The minimum Gasteiger partial charge on any atom is -0.391 e. The maximum absolute atomic E-state index is 11.7. The molecule has 1 N–H and O–H groups in total. The number of aliphatic hydroxyl groups excluding tert-OH is 1. The van der Waals surface area contributed by atoms with Gasteiger partial charge in [0.1, 0.15) is 0 Å². The largest absolute Gasteiger partial charge is 0.592 e. The molecule has 7 nitrogen and oxygen atoms in total. The lowest BCUT2D eigenvalue weighted by atomic mass is 10.5. The molecule has 0 amide bonds. The molecule has 0 aliphatic heterocycles. The third kappa shape index (κ3) is 6.68. The van der Waals surface area contributed by atoms with Crippen molar-refractivity contribution in [2.24, 2.45) is 0 Å². The number of phosphoric acid groups is 1. The zero-order chi connectivity index (χ0) is 13.5. The van der Waals surface area contributed by atoms with Gasteiger partial charge in [0, 0.05) is 12.2 Å². The second-order valence-corrected chi connectivity index (χ2v) is 4.34. The molecule has 0 bridgehead atoms. The monoisotopic (exact) mass is 264 g/mol. The smallest absolute Gasteiger partial charge is 0.391 e. The highest BCUT2D eigenvalue weighted by Crippen LogP contribution is 2.49. The highest BCUT2D eigenvalue weighted by atomic mass is 31.2. The SMILES string of the molecule is C=CC(=O)OP(=O)(OCC(C)O)OC(=O)C=C. The van der Waals surface area contributed by atoms with E-state index in [4.69, 9.17) is 5.11 Å². The first-order valence-corrected chi connectivity index (χ1v) is 5.93. The molecule has 1 atom stereocenters. The first kappa shape index (κ1) is 15.6. The van der Waals surface area contributed by atoms with E-state index in [1.165, 1.54) is 6.92 Å². The van der Waals surface area contributed by atoms with Crippen LogP contribution in [0.2, 0.25) is 0 Å². The van der Waals surface area contributed by atoms with Gasteiger partial charge in [0.2, 0.25) is 0 Å². The summed E-state index contributed by atoms with van der Waals surface area (Å²) in [4.78, 5) is 21.7. The van der Waals surface area contributed by atoms with Crippen molar-refractivity contribution >= 4 is 19.8 Å². The predicted molar refractivity (Wildman–Crippen MR) is 57.8 cm³/mol. The summed E-state index contributed by atoms with van der Waals surface area (Å²) >= 11 is 0. The van der Waals surface area contributed by atoms with Crippen molar-refractivity contribution < 1.29 is 32.8 Å².